The van der Waals surface area contributed by atoms with E-state index in [1.807, 2.05) is 24.3 Å². The van der Waals surface area contributed by atoms with Crippen LogP contribution in [-0.4, -0.2) is 18.7 Å². The molecule has 0 spiro atoms. The lowest BCUT2D eigenvalue weighted by molar-refractivity contribution is -0.121. The topological polar surface area (TPSA) is 50.7 Å². The summed E-state index contributed by atoms with van der Waals surface area (Å²) in [4.78, 5) is 11.7. The van der Waals surface area contributed by atoms with E-state index in [1.54, 1.807) is 24.4 Å². The number of benzene rings is 2. The van der Waals surface area contributed by atoms with Crippen LogP contribution >= 0.6 is 45.8 Å². The van der Waals surface area contributed by atoms with Crippen molar-refractivity contribution in [1.29, 1.82) is 0 Å². The lowest BCUT2D eigenvalue weighted by Crippen LogP contribution is -2.18. The predicted molar refractivity (Wildman–Crippen MR) is 106 cm³/mol. The van der Waals surface area contributed by atoms with Crippen LogP contribution in [0.3, 0.4) is 0 Å². The summed E-state index contributed by atoms with van der Waals surface area (Å²) in [6.45, 7) is 0.384. The van der Waals surface area contributed by atoms with Gasteiger partial charge < -0.3 is 4.74 Å². The largest absolute Gasteiger partial charge is 0.492 e. The molecule has 0 aliphatic rings. The van der Waals surface area contributed by atoms with Crippen molar-refractivity contribution in [3.05, 3.63) is 61.6 Å². The van der Waals surface area contributed by atoms with Gasteiger partial charge in [0.2, 0.25) is 5.91 Å². The Morgan fingerprint density at radius 3 is 2.79 bits per heavy atom. The van der Waals surface area contributed by atoms with Gasteiger partial charge in [-0.3, -0.25) is 4.79 Å². The van der Waals surface area contributed by atoms with Crippen LogP contribution in [0.5, 0.6) is 5.75 Å². The maximum Gasteiger partial charge on any atom is 0.240 e. The molecule has 0 saturated carbocycles. The number of ether oxygens (including phenoxy) is 1. The number of rotatable bonds is 7. The third kappa shape index (κ3) is 6.30. The van der Waals surface area contributed by atoms with E-state index < -0.39 is 0 Å². The lowest BCUT2D eigenvalue weighted by atomic mass is 10.2. The maximum absolute atomic E-state index is 11.7. The molecule has 2 rings (SSSR count). The second-order valence-corrected chi connectivity index (χ2v) is 6.85. The van der Waals surface area contributed by atoms with Gasteiger partial charge in [-0.25, -0.2) is 5.43 Å². The molecule has 0 saturated heterocycles. The molecule has 24 heavy (non-hydrogen) atoms. The monoisotopic (exact) mass is 476 g/mol. The van der Waals surface area contributed by atoms with E-state index in [0.29, 0.717) is 35.2 Å². The van der Waals surface area contributed by atoms with Gasteiger partial charge in [0.1, 0.15) is 5.75 Å². The van der Waals surface area contributed by atoms with E-state index in [1.165, 1.54) is 0 Å². The Hall–Kier alpha value is -1.31. The van der Waals surface area contributed by atoms with Crippen molar-refractivity contribution in [2.75, 3.05) is 6.61 Å². The molecule has 0 aromatic heterocycles. The molecule has 2 aromatic rings. The standard InChI is InChI=1S/C17H15Cl2IN2O2/c18-13-7-8-16(14(19)10-13)24-9-3-6-17(23)22-21-11-12-4-1-2-5-15(12)20/h1-2,4-5,7-8,10-11H,3,6,9H2,(H,22,23). The summed E-state index contributed by atoms with van der Waals surface area (Å²) in [7, 11) is 0. The summed E-state index contributed by atoms with van der Waals surface area (Å²) in [6, 6.07) is 12.8. The highest BCUT2D eigenvalue weighted by Gasteiger charge is 2.04. The number of halogens is 3. The molecule has 0 bridgehead atoms. The van der Waals surface area contributed by atoms with E-state index in [2.05, 4.69) is 33.1 Å². The molecule has 0 aliphatic heterocycles. The third-order valence-corrected chi connectivity index (χ3v) is 4.51. The molecule has 0 aliphatic carbocycles. The Morgan fingerprint density at radius 2 is 2.04 bits per heavy atom. The van der Waals surface area contributed by atoms with Crippen molar-refractivity contribution in [2.24, 2.45) is 5.10 Å². The van der Waals surface area contributed by atoms with E-state index in [9.17, 15) is 4.79 Å². The molecule has 4 nitrogen and oxygen atoms in total. The molecule has 0 heterocycles. The second kappa shape index (κ2) is 9.86. The van der Waals surface area contributed by atoms with E-state index >= 15 is 0 Å². The fraction of sp³-hybridized carbons (Fsp3) is 0.176. The van der Waals surface area contributed by atoms with Gasteiger partial charge >= 0.3 is 0 Å². The van der Waals surface area contributed by atoms with E-state index in [-0.39, 0.29) is 5.91 Å². The number of hydrazone groups is 1. The third-order valence-electron chi connectivity index (χ3n) is 3.00. The summed E-state index contributed by atoms with van der Waals surface area (Å²) in [5.41, 5.74) is 3.46. The first kappa shape index (κ1) is 19.0. The molecule has 0 fully saturated rings. The highest BCUT2D eigenvalue weighted by molar-refractivity contribution is 14.1. The summed E-state index contributed by atoms with van der Waals surface area (Å²) < 4.78 is 6.59. The maximum atomic E-state index is 11.7. The second-order valence-electron chi connectivity index (χ2n) is 4.84. The quantitative estimate of drug-likeness (QED) is 0.267. The molecule has 0 unspecified atom stereocenters. The van der Waals surface area contributed by atoms with E-state index in [4.69, 9.17) is 27.9 Å². The molecular formula is C17H15Cl2IN2O2. The van der Waals surface area contributed by atoms with Gasteiger partial charge in [-0.15, -0.1) is 0 Å². The number of carbonyl (C=O) groups is 1. The number of nitrogens with one attached hydrogen (secondary N) is 1. The van der Waals surface area contributed by atoms with Crippen molar-refractivity contribution in [3.63, 3.8) is 0 Å². The SMILES string of the molecule is O=C(CCCOc1ccc(Cl)cc1Cl)NN=Cc1ccccc1I. The number of hydrogen-bond acceptors (Lipinski definition) is 3. The number of nitrogens with zero attached hydrogens (tertiary/aromatic N) is 1. The Balaban J connectivity index is 1.69. The van der Waals surface area contributed by atoms with Crippen LogP contribution in [0.4, 0.5) is 0 Å². The molecule has 1 amide bonds. The van der Waals surface area contributed by atoms with Crippen molar-refractivity contribution in [2.45, 2.75) is 12.8 Å². The summed E-state index contributed by atoms with van der Waals surface area (Å²) >= 11 is 14.0. The molecule has 7 heteroatoms. The Bertz CT molecular complexity index is 738. The van der Waals surface area contributed by atoms with Crippen LogP contribution in [0.1, 0.15) is 18.4 Å². The van der Waals surface area contributed by atoms with Gasteiger partial charge in [0, 0.05) is 20.6 Å². The smallest absolute Gasteiger partial charge is 0.240 e. The average Bonchev–Trinajstić information content (AvgIpc) is 2.55. The van der Waals surface area contributed by atoms with Crippen molar-refractivity contribution >= 4 is 57.9 Å². The normalized spacial score (nSPS) is 10.8. The van der Waals surface area contributed by atoms with Gasteiger partial charge in [-0.05, 0) is 53.3 Å². The molecule has 126 valence electrons. The Labute approximate surface area is 164 Å². The number of amides is 1. The van der Waals surface area contributed by atoms with Crippen LogP contribution in [0.15, 0.2) is 47.6 Å². The van der Waals surface area contributed by atoms with Gasteiger partial charge in [0.15, 0.2) is 0 Å². The van der Waals surface area contributed by atoms with Crippen molar-refractivity contribution in [3.8, 4) is 5.75 Å². The lowest BCUT2D eigenvalue weighted by Gasteiger charge is -2.07. The van der Waals surface area contributed by atoms with Crippen LogP contribution in [0.25, 0.3) is 0 Å². The van der Waals surface area contributed by atoms with Crippen molar-refractivity contribution in [1.82, 2.24) is 5.43 Å². The molecule has 0 radical (unpaired) electrons. The molecule has 0 atom stereocenters. The average molecular weight is 477 g/mol. The first-order chi connectivity index (χ1) is 11.6. The molecule has 2 aromatic carbocycles. The minimum Gasteiger partial charge on any atom is -0.492 e. The van der Waals surface area contributed by atoms with E-state index in [0.717, 1.165) is 9.13 Å². The zero-order valence-electron chi connectivity index (χ0n) is 12.6. The summed E-state index contributed by atoms with van der Waals surface area (Å²) in [6.07, 6.45) is 2.50. The van der Waals surface area contributed by atoms with Crippen molar-refractivity contribution < 1.29 is 9.53 Å². The fourth-order valence-corrected chi connectivity index (χ4v) is 2.81. The number of carbonyl (C=O) groups excluding carboxylic acids is 1. The van der Waals surface area contributed by atoms with Crippen LogP contribution < -0.4 is 10.2 Å². The Kier molecular flexibility index (Phi) is 7.81. The highest BCUT2D eigenvalue weighted by Crippen LogP contribution is 2.27. The van der Waals surface area contributed by atoms with Crippen LogP contribution in [-0.2, 0) is 4.79 Å². The van der Waals surface area contributed by atoms with Crippen LogP contribution in [0.2, 0.25) is 10.0 Å². The van der Waals surface area contributed by atoms with Gasteiger partial charge in [0.25, 0.3) is 0 Å². The molecular weight excluding hydrogens is 462 g/mol. The first-order valence-electron chi connectivity index (χ1n) is 7.20. The van der Waals surface area contributed by atoms with Gasteiger partial charge in [-0.2, -0.15) is 5.10 Å². The zero-order valence-corrected chi connectivity index (χ0v) is 16.3. The summed E-state index contributed by atoms with van der Waals surface area (Å²) in [5, 5.41) is 4.96. The minimum atomic E-state index is -0.164. The van der Waals surface area contributed by atoms with Gasteiger partial charge in [-0.1, -0.05) is 41.4 Å². The summed E-state index contributed by atoms with van der Waals surface area (Å²) in [5.74, 6) is 0.390. The fourth-order valence-electron chi connectivity index (χ4n) is 1.82. The minimum absolute atomic E-state index is 0.164. The first-order valence-corrected chi connectivity index (χ1v) is 9.04. The van der Waals surface area contributed by atoms with Crippen LogP contribution in [0, 0.1) is 3.57 Å². The highest BCUT2D eigenvalue weighted by atomic mass is 127. The van der Waals surface area contributed by atoms with Gasteiger partial charge in [0.05, 0.1) is 17.8 Å². The molecule has 1 N–H and O–H groups in total. The number of hydrogen-bond donors (Lipinski definition) is 1. The Morgan fingerprint density at radius 1 is 1.25 bits per heavy atom. The predicted octanol–water partition coefficient (Wildman–Crippen LogP) is 4.91. The zero-order chi connectivity index (χ0) is 17.4.